The third-order valence-corrected chi connectivity index (χ3v) is 4.72. The van der Waals surface area contributed by atoms with Crippen molar-refractivity contribution >= 4 is 23.0 Å². The Balaban J connectivity index is 1.54. The van der Waals surface area contributed by atoms with Gasteiger partial charge in [0.25, 0.3) is 5.91 Å². The maximum atomic E-state index is 12.0. The lowest BCUT2D eigenvalue weighted by Gasteiger charge is -2.22. The van der Waals surface area contributed by atoms with Gasteiger partial charge in [-0.2, -0.15) is 0 Å². The molecule has 1 fully saturated rings. The maximum Gasteiger partial charge on any atom is 0.315 e. The molecule has 8 heteroatoms. The fourth-order valence-corrected chi connectivity index (χ4v) is 3.29. The molecule has 8 nitrogen and oxygen atoms in total. The quantitative estimate of drug-likeness (QED) is 0.852. The Kier molecular flexibility index (Phi) is 5.70. The Hall–Kier alpha value is -2.64. The molecular formula is C18H26N6O2. The number of hydrogen-bond donors (Lipinski definition) is 2. The van der Waals surface area contributed by atoms with Gasteiger partial charge in [0.15, 0.2) is 0 Å². The Morgan fingerprint density at radius 3 is 2.73 bits per heavy atom. The zero-order valence-corrected chi connectivity index (χ0v) is 15.4. The molecule has 2 aromatic rings. The molecule has 0 saturated heterocycles. The number of nitrogens with one attached hydrogen (secondary N) is 2. The van der Waals surface area contributed by atoms with E-state index in [9.17, 15) is 9.59 Å². The van der Waals surface area contributed by atoms with E-state index in [1.807, 2.05) is 6.07 Å². The first-order chi connectivity index (χ1) is 12.5. The van der Waals surface area contributed by atoms with Crippen LogP contribution < -0.4 is 10.6 Å². The Morgan fingerprint density at radius 1 is 1.23 bits per heavy atom. The highest BCUT2D eigenvalue weighted by atomic mass is 16.2. The third-order valence-electron chi connectivity index (χ3n) is 4.72. The second-order valence-corrected chi connectivity index (χ2v) is 6.95. The molecule has 140 valence electrons. The molecule has 0 unspecified atom stereocenters. The van der Waals surface area contributed by atoms with Crippen LogP contribution >= 0.6 is 0 Å². The molecule has 1 saturated carbocycles. The van der Waals surface area contributed by atoms with E-state index in [0.29, 0.717) is 30.2 Å². The Bertz CT molecular complexity index is 779. The van der Waals surface area contributed by atoms with Crippen LogP contribution in [0.15, 0.2) is 18.2 Å². The van der Waals surface area contributed by atoms with Crippen molar-refractivity contribution < 1.29 is 9.59 Å². The molecule has 26 heavy (non-hydrogen) atoms. The molecule has 0 aliphatic heterocycles. The molecule has 0 bridgehead atoms. The Morgan fingerprint density at radius 2 is 2.00 bits per heavy atom. The fourth-order valence-electron chi connectivity index (χ4n) is 3.29. The van der Waals surface area contributed by atoms with Crippen molar-refractivity contribution in [3.63, 3.8) is 0 Å². The molecule has 1 aliphatic rings. The number of carbonyl (C=O) groups excluding carboxylic acids is 2. The number of aromatic nitrogens is 3. The van der Waals surface area contributed by atoms with Gasteiger partial charge < -0.3 is 15.5 Å². The van der Waals surface area contributed by atoms with E-state index in [2.05, 4.69) is 20.9 Å². The van der Waals surface area contributed by atoms with Crippen LogP contribution in [0.1, 0.15) is 42.5 Å². The fraction of sp³-hybridized carbons (Fsp3) is 0.556. The lowest BCUT2D eigenvalue weighted by molar-refractivity contribution is 0.0827. The summed E-state index contributed by atoms with van der Waals surface area (Å²) in [5, 5.41) is 14.2. The summed E-state index contributed by atoms with van der Waals surface area (Å²) in [6, 6.07) is 5.52. The first-order valence-corrected chi connectivity index (χ1v) is 9.14. The first-order valence-electron chi connectivity index (χ1n) is 9.14. The topological polar surface area (TPSA) is 92.2 Å². The maximum absolute atomic E-state index is 12.0. The molecule has 1 aliphatic carbocycles. The van der Waals surface area contributed by atoms with Gasteiger partial charge in [0.1, 0.15) is 5.52 Å². The van der Waals surface area contributed by atoms with E-state index >= 15 is 0 Å². The van der Waals surface area contributed by atoms with Gasteiger partial charge in [0, 0.05) is 32.2 Å². The second kappa shape index (κ2) is 8.16. The van der Waals surface area contributed by atoms with Crippen LogP contribution in [0.4, 0.5) is 4.79 Å². The van der Waals surface area contributed by atoms with Crippen LogP contribution in [-0.4, -0.2) is 58.5 Å². The van der Waals surface area contributed by atoms with Crippen molar-refractivity contribution in [1.29, 1.82) is 0 Å². The zero-order valence-electron chi connectivity index (χ0n) is 15.4. The van der Waals surface area contributed by atoms with Crippen molar-refractivity contribution in [1.82, 2.24) is 30.5 Å². The van der Waals surface area contributed by atoms with Crippen LogP contribution in [0.3, 0.4) is 0 Å². The number of amides is 3. The van der Waals surface area contributed by atoms with Crippen molar-refractivity contribution in [2.75, 3.05) is 20.6 Å². The normalized spacial score (nSPS) is 15.0. The van der Waals surface area contributed by atoms with Gasteiger partial charge in [-0.1, -0.05) is 24.5 Å². The SMILES string of the molecule is CN(C)C(=O)c1ccc2c(c1)nnn2CCNC(=O)NC1CCCCC1. The number of carbonyl (C=O) groups is 2. The summed E-state index contributed by atoms with van der Waals surface area (Å²) in [4.78, 5) is 25.5. The van der Waals surface area contributed by atoms with Crippen LogP contribution in [-0.2, 0) is 6.54 Å². The molecule has 0 radical (unpaired) electrons. The van der Waals surface area contributed by atoms with E-state index in [4.69, 9.17) is 0 Å². The second-order valence-electron chi connectivity index (χ2n) is 6.95. The van der Waals surface area contributed by atoms with Gasteiger partial charge in [-0.15, -0.1) is 5.10 Å². The molecule has 3 rings (SSSR count). The van der Waals surface area contributed by atoms with Crippen molar-refractivity contribution in [2.45, 2.75) is 44.7 Å². The summed E-state index contributed by atoms with van der Waals surface area (Å²) in [7, 11) is 3.43. The number of nitrogens with zero attached hydrogens (tertiary/aromatic N) is 4. The van der Waals surface area contributed by atoms with Crippen LogP contribution in [0.25, 0.3) is 11.0 Å². The predicted octanol–water partition coefficient (Wildman–Crippen LogP) is 1.76. The van der Waals surface area contributed by atoms with Gasteiger partial charge in [-0.3, -0.25) is 4.79 Å². The highest BCUT2D eigenvalue weighted by Crippen LogP contribution is 2.17. The largest absolute Gasteiger partial charge is 0.345 e. The number of rotatable bonds is 5. The number of fused-ring (bicyclic) bond motifs is 1. The van der Waals surface area contributed by atoms with Gasteiger partial charge in [-0.05, 0) is 31.0 Å². The molecule has 3 amide bonds. The average molecular weight is 358 g/mol. The molecule has 1 aromatic carbocycles. The smallest absolute Gasteiger partial charge is 0.315 e. The summed E-state index contributed by atoms with van der Waals surface area (Å²) < 4.78 is 1.74. The van der Waals surface area contributed by atoms with Crippen LogP contribution in [0.5, 0.6) is 0 Å². The van der Waals surface area contributed by atoms with E-state index < -0.39 is 0 Å². The standard InChI is InChI=1S/C18H26N6O2/c1-23(2)17(25)13-8-9-16-15(12-13)21-22-24(16)11-10-19-18(26)20-14-6-4-3-5-7-14/h8-9,12,14H,3-7,10-11H2,1-2H3,(H2,19,20,26). The summed E-state index contributed by atoms with van der Waals surface area (Å²) in [6.45, 7) is 0.991. The van der Waals surface area contributed by atoms with Crippen LogP contribution in [0.2, 0.25) is 0 Å². The van der Waals surface area contributed by atoms with Gasteiger partial charge in [0.05, 0.1) is 12.1 Å². The predicted molar refractivity (Wildman–Crippen MR) is 99.0 cm³/mol. The monoisotopic (exact) mass is 358 g/mol. The highest BCUT2D eigenvalue weighted by molar-refractivity contribution is 5.97. The summed E-state index contributed by atoms with van der Waals surface area (Å²) in [6.07, 6.45) is 5.77. The molecule has 2 N–H and O–H groups in total. The van der Waals surface area contributed by atoms with Crippen molar-refractivity contribution in [3.8, 4) is 0 Å². The third kappa shape index (κ3) is 4.30. The van der Waals surface area contributed by atoms with Crippen LogP contribution in [0, 0.1) is 0 Å². The van der Waals surface area contributed by atoms with E-state index in [1.54, 1.807) is 30.9 Å². The van der Waals surface area contributed by atoms with E-state index in [1.165, 1.54) is 24.2 Å². The molecule has 0 spiro atoms. The number of hydrogen-bond acceptors (Lipinski definition) is 4. The van der Waals surface area contributed by atoms with Gasteiger partial charge in [0.2, 0.25) is 0 Å². The summed E-state index contributed by atoms with van der Waals surface area (Å²) in [5.74, 6) is -0.0671. The van der Waals surface area contributed by atoms with Gasteiger partial charge in [-0.25, -0.2) is 9.48 Å². The lowest BCUT2D eigenvalue weighted by atomic mass is 9.96. The van der Waals surface area contributed by atoms with E-state index in [-0.39, 0.29) is 11.9 Å². The molecule has 1 aromatic heterocycles. The lowest BCUT2D eigenvalue weighted by Crippen LogP contribution is -2.43. The van der Waals surface area contributed by atoms with Crippen molar-refractivity contribution in [2.24, 2.45) is 0 Å². The Labute approximate surface area is 152 Å². The van der Waals surface area contributed by atoms with E-state index in [0.717, 1.165) is 18.4 Å². The summed E-state index contributed by atoms with van der Waals surface area (Å²) in [5.41, 5.74) is 2.10. The first kappa shape index (κ1) is 18.2. The minimum atomic E-state index is -0.125. The van der Waals surface area contributed by atoms with Crippen molar-refractivity contribution in [3.05, 3.63) is 23.8 Å². The molecule has 1 heterocycles. The van der Waals surface area contributed by atoms with Gasteiger partial charge >= 0.3 is 6.03 Å². The number of benzene rings is 1. The summed E-state index contributed by atoms with van der Waals surface area (Å²) >= 11 is 0. The molecular weight excluding hydrogens is 332 g/mol. The number of urea groups is 1. The molecule has 0 atom stereocenters. The highest BCUT2D eigenvalue weighted by Gasteiger charge is 2.15. The minimum absolute atomic E-state index is 0.0671. The zero-order chi connectivity index (χ0) is 18.5. The average Bonchev–Trinajstić information content (AvgIpc) is 3.04. The minimum Gasteiger partial charge on any atom is -0.345 e.